The summed E-state index contributed by atoms with van der Waals surface area (Å²) in [5.74, 6) is -2.17. The van der Waals surface area contributed by atoms with Crippen molar-refractivity contribution in [2.24, 2.45) is 10.7 Å². The number of rotatable bonds is 11. The Kier molecular flexibility index (Phi) is 8.92. The molecule has 1 aliphatic heterocycles. The van der Waals surface area contributed by atoms with Gasteiger partial charge in [0, 0.05) is 19.6 Å². The number of hydrogen-bond acceptors (Lipinski definition) is 7. The maximum atomic E-state index is 13.5. The number of amides is 3. The van der Waals surface area contributed by atoms with Crippen molar-refractivity contribution in [1.29, 1.82) is 0 Å². The number of carbonyl (C=O) groups excluding carboxylic acids is 4. The molecule has 186 valence electrons. The lowest BCUT2D eigenvalue weighted by Crippen LogP contribution is -2.62. The normalized spacial score (nSPS) is 15.7. The molecular weight excluding hydrogens is 440 g/mol. The highest BCUT2D eigenvalue weighted by molar-refractivity contribution is 6.23. The number of aliphatic hydroxyl groups is 1. The van der Waals surface area contributed by atoms with Gasteiger partial charge >= 0.3 is 5.97 Å². The molecule has 0 aliphatic carbocycles. The first-order chi connectivity index (χ1) is 15.9. The number of carbonyl (C=O) groups is 4. The molecule has 0 bridgehead atoms. The molecule has 10 heteroatoms. The topological polar surface area (TPSA) is 151 Å². The second kappa shape index (κ2) is 11.2. The minimum Gasteiger partial charge on any atom is -0.459 e. The van der Waals surface area contributed by atoms with E-state index >= 15 is 0 Å². The standard InChI is InChI=1S/C24H34N4O6/c1-16(25)26-13-8-7-11-24(12-14-29,22(33)27-15-19(30)34-23(2,3)4)28-20(31)17-9-5-6-10-18(17)21(28)32/h5-6,9-10,29H,7-8,11-15H2,1-4H3,(H2,25,26)(H,27,33). The predicted molar refractivity (Wildman–Crippen MR) is 126 cm³/mol. The van der Waals surface area contributed by atoms with Crippen LogP contribution in [-0.4, -0.2) is 70.4 Å². The van der Waals surface area contributed by atoms with Crippen LogP contribution in [0.1, 0.15) is 74.1 Å². The molecule has 0 radical (unpaired) electrons. The van der Waals surface area contributed by atoms with Gasteiger partial charge in [-0.25, -0.2) is 0 Å². The van der Waals surface area contributed by atoms with Crippen molar-refractivity contribution in [2.45, 2.75) is 64.5 Å². The second-order valence-electron chi connectivity index (χ2n) is 9.25. The number of imide groups is 1. The van der Waals surface area contributed by atoms with Crippen molar-refractivity contribution in [3.05, 3.63) is 35.4 Å². The van der Waals surface area contributed by atoms with Gasteiger partial charge in [0.15, 0.2) is 0 Å². The Hall–Kier alpha value is -3.27. The number of benzene rings is 1. The zero-order chi connectivity index (χ0) is 25.5. The lowest BCUT2D eigenvalue weighted by molar-refractivity contribution is -0.155. The average molecular weight is 475 g/mol. The van der Waals surface area contributed by atoms with Crippen LogP contribution < -0.4 is 11.1 Å². The first-order valence-electron chi connectivity index (χ1n) is 11.3. The fraction of sp³-hybridized carbons (Fsp3) is 0.542. The summed E-state index contributed by atoms with van der Waals surface area (Å²) in [7, 11) is 0. The molecule has 2 rings (SSSR count). The van der Waals surface area contributed by atoms with Crippen LogP contribution in [0.15, 0.2) is 29.3 Å². The molecule has 1 atom stereocenters. The van der Waals surface area contributed by atoms with Gasteiger partial charge in [0.2, 0.25) is 5.91 Å². The van der Waals surface area contributed by atoms with Gasteiger partial charge in [0.1, 0.15) is 17.7 Å². The van der Waals surface area contributed by atoms with Gasteiger partial charge < -0.3 is 20.9 Å². The van der Waals surface area contributed by atoms with E-state index in [9.17, 15) is 24.3 Å². The fourth-order valence-corrected chi connectivity index (χ4v) is 3.92. The number of nitrogens with two attached hydrogens (primary N) is 1. The van der Waals surface area contributed by atoms with E-state index in [1.165, 1.54) is 12.1 Å². The van der Waals surface area contributed by atoms with E-state index in [1.54, 1.807) is 39.8 Å². The van der Waals surface area contributed by atoms with Crippen molar-refractivity contribution >= 4 is 29.5 Å². The molecular formula is C24H34N4O6. The minimum absolute atomic E-state index is 0.0817. The molecule has 3 amide bonds. The van der Waals surface area contributed by atoms with Crippen LogP contribution in [0.2, 0.25) is 0 Å². The number of nitrogens with one attached hydrogen (secondary N) is 1. The van der Waals surface area contributed by atoms with Crippen LogP contribution >= 0.6 is 0 Å². The van der Waals surface area contributed by atoms with Crippen LogP contribution in [0.25, 0.3) is 0 Å². The Labute approximate surface area is 199 Å². The number of fused-ring (bicyclic) bond motifs is 1. The Bertz CT molecular complexity index is 929. The number of nitrogens with zero attached hydrogens (tertiary/aromatic N) is 2. The van der Waals surface area contributed by atoms with E-state index in [0.29, 0.717) is 25.2 Å². The summed E-state index contributed by atoms with van der Waals surface area (Å²) in [6, 6.07) is 6.32. The van der Waals surface area contributed by atoms with Gasteiger partial charge in [-0.05, 0) is 59.1 Å². The van der Waals surface area contributed by atoms with Gasteiger partial charge in [-0.3, -0.25) is 29.1 Å². The molecule has 1 aromatic rings. The highest BCUT2D eigenvalue weighted by Gasteiger charge is 2.52. The highest BCUT2D eigenvalue weighted by Crippen LogP contribution is 2.35. The first-order valence-corrected chi connectivity index (χ1v) is 11.3. The maximum absolute atomic E-state index is 13.5. The van der Waals surface area contributed by atoms with E-state index in [2.05, 4.69) is 10.3 Å². The summed E-state index contributed by atoms with van der Waals surface area (Å²) < 4.78 is 5.24. The van der Waals surface area contributed by atoms with Crippen molar-refractivity contribution in [3.63, 3.8) is 0 Å². The molecule has 1 heterocycles. The summed E-state index contributed by atoms with van der Waals surface area (Å²) in [4.78, 5) is 57.2. The molecule has 0 saturated heterocycles. The molecule has 4 N–H and O–H groups in total. The van der Waals surface area contributed by atoms with Crippen LogP contribution in [-0.2, 0) is 14.3 Å². The number of esters is 1. The van der Waals surface area contributed by atoms with E-state index in [1.807, 2.05) is 0 Å². The van der Waals surface area contributed by atoms with Crippen molar-refractivity contribution in [1.82, 2.24) is 10.2 Å². The molecule has 10 nitrogen and oxygen atoms in total. The van der Waals surface area contributed by atoms with Gasteiger partial charge in [-0.15, -0.1) is 0 Å². The quantitative estimate of drug-likeness (QED) is 0.144. The monoisotopic (exact) mass is 474 g/mol. The Morgan fingerprint density at radius 2 is 1.68 bits per heavy atom. The molecule has 0 saturated carbocycles. The molecule has 1 aromatic carbocycles. The number of amidine groups is 1. The number of ether oxygens (including phenoxy) is 1. The summed E-state index contributed by atoms with van der Waals surface area (Å²) in [5.41, 5.74) is 3.52. The summed E-state index contributed by atoms with van der Waals surface area (Å²) in [5, 5.41) is 12.4. The summed E-state index contributed by atoms with van der Waals surface area (Å²) in [6.45, 7) is 6.29. The Morgan fingerprint density at radius 1 is 1.09 bits per heavy atom. The van der Waals surface area contributed by atoms with E-state index in [-0.39, 0.29) is 24.0 Å². The summed E-state index contributed by atoms with van der Waals surface area (Å²) >= 11 is 0. The third kappa shape index (κ3) is 6.40. The molecule has 1 aliphatic rings. The molecule has 0 fully saturated rings. The largest absolute Gasteiger partial charge is 0.459 e. The fourth-order valence-electron chi connectivity index (χ4n) is 3.92. The second-order valence-corrected chi connectivity index (χ2v) is 9.25. The number of hydrogen-bond donors (Lipinski definition) is 3. The minimum atomic E-state index is -1.69. The van der Waals surface area contributed by atoms with Crippen LogP contribution in [0.4, 0.5) is 0 Å². The lowest BCUT2D eigenvalue weighted by atomic mass is 9.85. The van der Waals surface area contributed by atoms with E-state index in [0.717, 1.165) is 4.90 Å². The molecule has 1 unspecified atom stereocenters. The zero-order valence-corrected chi connectivity index (χ0v) is 20.2. The first kappa shape index (κ1) is 27.0. The van der Waals surface area contributed by atoms with E-state index in [4.69, 9.17) is 10.5 Å². The third-order valence-corrected chi connectivity index (χ3v) is 5.34. The number of aliphatic hydroxyl groups excluding tert-OH is 1. The third-order valence-electron chi connectivity index (χ3n) is 5.34. The maximum Gasteiger partial charge on any atom is 0.325 e. The SMILES string of the molecule is CC(N)=NCCCCC(CCO)(C(=O)NCC(=O)OC(C)(C)C)N1C(=O)c2ccccc2C1=O. The van der Waals surface area contributed by atoms with Gasteiger partial charge in [-0.1, -0.05) is 12.1 Å². The average Bonchev–Trinajstić information content (AvgIpc) is 3.00. The van der Waals surface area contributed by atoms with Crippen LogP contribution in [0.5, 0.6) is 0 Å². The molecule has 34 heavy (non-hydrogen) atoms. The number of aliphatic imine (C=N–C) groups is 1. The predicted octanol–water partition coefficient (Wildman–Crippen LogP) is 1.41. The van der Waals surface area contributed by atoms with Crippen molar-refractivity contribution in [2.75, 3.05) is 19.7 Å². The van der Waals surface area contributed by atoms with Gasteiger partial charge in [0.25, 0.3) is 11.8 Å². The Balaban J connectivity index is 2.35. The summed E-state index contributed by atoms with van der Waals surface area (Å²) in [6.07, 6.45) is 0.865. The van der Waals surface area contributed by atoms with Gasteiger partial charge in [-0.2, -0.15) is 0 Å². The number of unbranched alkanes of at least 4 members (excludes halogenated alkanes) is 1. The smallest absolute Gasteiger partial charge is 0.325 e. The lowest BCUT2D eigenvalue weighted by Gasteiger charge is -2.39. The van der Waals surface area contributed by atoms with Crippen molar-refractivity contribution < 1.29 is 29.0 Å². The zero-order valence-electron chi connectivity index (χ0n) is 20.2. The molecule has 0 aromatic heterocycles. The Morgan fingerprint density at radius 3 is 2.18 bits per heavy atom. The van der Waals surface area contributed by atoms with Gasteiger partial charge in [0.05, 0.1) is 17.0 Å². The molecule has 0 spiro atoms. The van der Waals surface area contributed by atoms with Crippen LogP contribution in [0.3, 0.4) is 0 Å². The van der Waals surface area contributed by atoms with Crippen LogP contribution in [0, 0.1) is 0 Å². The highest BCUT2D eigenvalue weighted by atomic mass is 16.6. The van der Waals surface area contributed by atoms with E-state index < -0.39 is 48.0 Å². The van der Waals surface area contributed by atoms with Crippen molar-refractivity contribution in [3.8, 4) is 0 Å².